The largest absolute Gasteiger partial charge is 0.486 e. The lowest BCUT2D eigenvalue weighted by Gasteiger charge is -2.26. The lowest BCUT2D eigenvalue weighted by atomic mass is 9.88. The van der Waals surface area contributed by atoms with Gasteiger partial charge in [0.1, 0.15) is 11.9 Å². The molecule has 2 aromatic heterocycles. The number of hydrogen-bond donors (Lipinski definition) is 0. The van der Waals surface area contributed by atoms with Crippen molar-refractivity contribution in [2.24, 2.45) is 0 Å². The van der Waals surface area contributed by atoms with Crippen molar-refractivity contribution in [1.82, 2.24) is 20.0 Å². The van der Waals surface area contributed by atoms with Crippen molar-refractivity contribution < 1.29 is 4.74 Å². The van der Waals surface area contributed by atoms with E-state index in [-0.39, 0.29) is 6.10 Å². The minimum absolute atomic E-state index is 0.00657. The average molecular weight is 367 g/mol. The van der Waals surface area contributed by atoms with Crippen LogP contribution >= 0.6 is 0 Å². The second kappa shape index (κ2) is 6.78. The molecule has 28 heavy (non-hydrogen) atoms. The predicted octanol–water partition coefficient (Wildman–Crippen LogP) is 4.14. The Bertz CT molecular complexity index is 1190. The topological polar surface area (TPSA) is 76.6 Å². The van der Waals surface area contributed by atoms with Crippen molar-refractivity contribution >= 4 is 10.9 Å². The summed E-state index contributed by atoms with van der Waals surface area (Å²) in [5.41, 5.74) is 4.91. The normalized spacial score (nSPS) is 15.8. The molecule has 2 aromatic carbocycles. The molecule has 6 heteroatoms. The fourth-order valence-corrected chi connectivity index (χ4v) is 3.81. The van der Waals surface area contributed by atoms with E-state index in [4.69, 9.17) is 10.00 Å². The van der Waals surface area contributed by atoms with Gasteiger partial charge < -0.3 is 4.74 Å². The van der Waals surface area contributed by atoms with Gasteiger partial charge in [-0.15, -0.1) is 0 Å². The van der Waals surface area contributed by atoms with E-state index in [1.807, 2.05) is 53.3 Å². The van der Waals surface area contributed by atoms with Gasteiger partial charge in [-0.25, -0.2) is 4.68 Å². The number of hydrogen-bond acceptors (Lipinski definition) is 5. The molecule has 0 unspecified atom stereocenters. The van der Waals surface area contributed by atoms with E-state index in [2.05, 4.69) is 21.4 Å². The number of rotatable bonds is 3. The van der Waals surface area contributed by atoms with Crippen molar-refractivity contribution in [3.63, 3.8) is 0 Å². The highest BCUT2D eigenvalue weighted by Crippen LogP contribution is 2.35. The quantitative estimate of drug-likeness (QED) is 0.544. The second-order valence-electron chi connectivity index (χ2n) is 6.90. The zero-order valence-corrected chi connectivity index (χ0v) is 15.1. The fraction of sp³-hybridized carbons (Fsp3) is 0.182. The van der Waals surface area contributed by atoms with Crippen LogP contribution in [0.15, 0.2) is 61.1 Å². The Morgan fingerprint density at radius 1 is 1.07 bits per heavy atom. The van der Waals surface area contributed by atoms with Crippen LogP contribution in [-0.4, -0.2) is 20.0 Å². The number of aryl methyl sites for hydroxylation is 1. The monoisotopic (exact) mass is 367 g/mol. The van der Waals surface area contributed by atoms with Crippen LogP contribution in [0.3, 0.4) is 0 Å². The first kappa shape index (κ1) is 16.5. The Morgan fingerprint density at radius 2 is 2.04 bits per heavy atom. The molecule has 5 rings (SSSR count). The van der Waals surface area contributed by atoms with Crippen molar-refractivity contribution in [1.29, 1.82) is 5.26 Å². The Morgan fingerprint density at radius 3 is 2.89 bits per heavy atom. The van der Waals surface area contributed by atoms with Crippen LogP contribution in [0.5, 0.6) is 5.75 Å². The van der Waals surface area contributed by atoms with E-state index < -0.39 is 0 Å². The third-order valence-corrected chi connectivity index (χ3v) is 5.17. The number of nitrogens with zero attached hydrogens (tertiary/aromatic N) is 5. The Kier molecular flexibility index (Phi) is 3.99. The van der Waals surface area contributed by atoms with Gasteiger partial charge in [0.05, 0.1) is 41.4 Å². The van der Waals surface area contributed by atoms with E-state index in [0.29, 0.717) is 5.56 Å². The maximum absolute atomic E-state index is 9.14. The summed E-state index contributed by atoms with van der Waals surface area (Å²) in [4.78, 5) is 0. The molecule has 0 saturated heterocycles. The standard InChI is InChI=1S/C22H17N5O/c23-12-15-4-7-20-16(10-15)2-1-3-22(20)28-19-6-5-17-13-26-27(21(17)11-19)18-8-9-24-25-14-18/h4-11,13-14,22H,1-3H2/t22-/m0/s1. The number of aromatic nitrogens is 4. The Labute approximate surface area is 162 Å². The van der Waals surface area contributed by atoms with Crippen LogP contribution in [0, 0.1) is 11.3 Å². The molecule has 0 bridgehead atoms. The van der Waals surface area contributed by atoms with E-state index in [9.17, 15) is 0 Å². The first-order valence-corrected chi connectivity index (χ1v) is 9.26. The molecule has 1 atom stereocenters. The lowest BCUT2D eigenvalue weighted by molar-refractivity contribution is 0.183. The summed E-state index contributed by atoms with van der Waals surface area (Å²) in [7, 11) is 0. The zero-order chi connectivity index (χ0) is 18.9. The SMILES string of the molecule is N#Cc1ccc2c(c1)CCC[C@@H]2Oc1ccc2cnn(-c3ccnnc3)c2c1. The number of fused-ring (bicyclic) bond motifs is 2. The van der Waals surface area contributed by atoms with Crippen LogP contribution in [-0.2, 0) is 6.42 Å². The van der Waals surface area contributed by atoms with Crippen molar-refractivity contribution in [3.8, 4) is 17.5 Å². The molecule has 0 radical (unpaired) electrons. The predicted molar refractivity (Wildman–Crippen MR) is 104 cm³/mol. The summed E-state index contributed by atoms with van der Waals surface area (Å²) in [5, 5.41) is 22.4. The highest BCUT2D eigenvalue weighted by atomic mass is 16.5. The van der Waals surface area contributed by atoms with E-state index >= 15 is 0 Å². The van der Waals surface area contributed by atoms with E-state index in [1.54, 1.807) is 12.4 Å². The summed E-state index contributed by atoms with van der Waals surface area (Å²) in [6.07, 6.45) is 8.17. The van der Waals surface area contributed by atoms with Gasteiger partial charge >= 0.3 is 0 Å². The third-order valence-electron chi connectivity index (χ3n) is 5.17. The van der Waals surface area contributed by atoms with Gasteiger partial charge in [0, 0.05) is 11.5 Å². The number of benzene rings is 2. The molecule has 1 aliphatic carbocycles. The molecule has 0 amide bonds. The molecular weight excluding hydrogens is 350 g/mol. The van der Waals surface area contributed by atoms with Crippen LogP contribution in [0.1, 0.15) is 35.6 Å². The molecule has 1 aliphatic rings. The summed E-state index contributed by atoms with van der Waals surface area (Å²) in [6, 6.07) is 16.0. The van der Waals surface area contributed by atoms with Crippen LogP contribution in [0.25, 0.3) is 16.6 Å². The fourth-order valence-electron chi connectivity index (χ4n) is 3.81. The zero-order valence-electron chi connectivity index (χ0n) is 15.1. The molecule has 4 aromatic rings. The molecule has 0 spiro atoms. The van der Waals surface area contributed by atoms with E-state index in [1.165, 1.54) is 11.1 Å². The molecular formula is C22H17N5O. The van der Waals surface area contributed by atoms with Gasteiger partial charge in [0.15, 0.2) is 0 Å². The Balaban J connectivity index is 1.49. The van der Waals surface area contributed by atoms with Crippen LogP contribution in [0.2, 0.25) is 0 Å². The summed E-state index contributed by atoms with van der Waals surface area (Å²) in [6.45, 7) is 0. The van der Waals surface area contributed by atoms with Crippen molar-refractivity contribution in [2.75, 3.05) is 0 Å². The van der Waals surface area contributed by atoms with Gasteiger partial charge in [0.2, 0.25) is 0 Å². The van der Waals surface area contributed by atoms with Crippen LogP contribution in [0.4, 0.5) is 0 Å². The first-order valence-electron chi connectivity index (χ1n) is 9.26. The summed E-state index contributed by atoms with van der Waals surface area (Å²) in [5.74, 6) is 0.804. The molecule has 2 heterocycles. The van der Waals surface area contributed by atoms with Crippen molar-refractivity contribution in [3.05, 3.63) is 77.7 Å². The molecule has 0 saturated carbocycles. The number of nitriles is 1. The first-order chi connectivity index (χ1) is 13.8. The Hall–Kier alpha value is -3.72. The number of ether oxygens (including phenoxy) is 1. The molecule has 136 valence electrons. The maximum Gasteiger partial charge on any atom is 0.124 e. The van der Waals surface area contributed by atoms with Crippen LogP contribution < -0.4 is 4.74 Å². The lowest BCUT2D eigenvalue weighted by Crippen LogP contribution is -2.15. The minimum atomic E-state index is -0.00657. The molecule has 0 aliphatic heterocycles. The molecule has 6 nitrogen and oxygen atoms in total. The highest BCUT2D eigenvalue weighted by molar-refractivity contribution is 5.81. The van der Waals surface area contributed by atoms with Crippen molar-refractivity contribution in [2.45, 2.75) is 25.4 Å². The van der Waals surface area contributed by atoms with Gasteiger partial charge in [-0.2, -0.15) is 20.6 Å². The second-order valence-corrected chi connectivity index (χ2v) is 6.90. The smallest absolute Gasteiger partial charge is 0.124 e. The summed E-state index contributed by atoms with van der Waals surface area (Å²) < 4.78 is 8.21. The third kappa shape index (κ3) is 2.87. The van der Waals surface area contributed by atoms with Gasteiger partial charge in [-0.1, -0.05) is 6.07 Å². The molecule has 0 fully saturated rings. The van der Waals surface area contributed by atoms with Gasteiger partial charge in [-0.3, -0.25) is 0 Å². The minimum Gasteiger partial charge on any atom is -0.486 e. The maximum atomic E-state index is 9.14. The average Bonchev–Trinajstić information content (AvgIpc) is 3.17. The highest BCUT2D eigenvalue weighted by Gasteiger charge is 2.22. The van der Waals surface area contributed by atoms with Gasteiger partial charge in [-0.05, 0) is 60.7 Å². The molecule has 0 N–H and O–H groups in total. The van der Waals surface area contributed by atoms with Gasteiger partial charge in [0.25, 0.3) is 0 Å². The summed E-state index contributed by atoms with van der Waals surface area (Å²) >= 11 is 0. The van der Waals surface area contributed by atoms with E-state index in [0.717, 1.165) is 41.6 Å².